The van der Waals surface area contributed by atoms with Crippen molar-refractivity contribution in [2.75, 3.05) is 7.11 Å². The summed E-state index contributed by atoms with van der Waals surface area (Å²) in [4.78, 5) is 7.63. The minimum Gasteiger partial charge on any atom is -0.370 e. The topological polar surface area (TPSA) is 138 Å². The number of fused-ring (bicyclic) bond motifs is 1. The maximum Gasteiger partial charge on any atom is 0.466 e. The highest BCUT2D eigenvalue weighted by molar-refractivity contribution is 7.80. The van der Waals surface area contributed by atoms with Crippen LogP contribution in [0.3, 0.4) is 0 Å². The quantitative estimate of drug-likeness (QED) is 0.592. The largest absolute Gasteiger partial charge is 0.466 e. The number of allylic oxidation sites excluding steroid dienone is 2. The predicted molar refractivity (Wildman–Crippen MR) is 98.0 cm³/mol. The molecule has 1 heterocycles. The second-order valence-electron chi connectivity index (χ2n) is 5.69. The van der Waals surface area contributed by atoms with Crippen LogP contribution in [-0.2, 0) is 19.4 Å². The van der Waals surface area contributed by atoms with Gasteiger partial charge in [-0.25, -0.2) is 9.27 Å². The summed E-state index contributed by atoms with van der Waals surface area (Å²) in [6.07, 6.45) is 3.33. The highest BCUT2D eigenvalue weighted by Crippen LogP contribution is 2.29. The minimum absolute atomic E-state index is 0.216. The number of aromatic amines is 1. The number of nitrogens with zero attached hydrogens (tertiary/aromatic N) is 3. The van der Waals surface area contributed by atoms with Crippen molar-refractivity contribution in [2.24, 2.45) is 5.16 Å². The number of nitriles is 1. The highest BCUT2D eigenvalue weighted by atomic mass is 32.3. The third-order valence-corrected chi connectivity index (χ3v) is 4.32. The van der Waals surface area contributed by atoms with E-state index in [9.17, 15) is 8.42 Å². The monoisotopic (exact) mass is 388 g/mol. The van der Waals surface area contributed by atoms with E-state index in [2.05, 4.69) is 25.5 Å². The van der Waals surface area contributed by atoms with E-state index in [1.54, 1.807) is 30.4 Å². The summed E-state index contributed by atoms with van der Waals surface area (Å²) in [5, 5.41) is 12.6. The smallest absolute Gasteiger partial charge is 0.370 e. The molecule has 27 heavy (non-hydrogen) atoms. The van der Waals surface area contributed by atoms with Gasteiger partial charge in [-0.15, -0.1) is 0 Å². The minimum atomic E-state index is -4.74. The first-order chi connectivity index (χ1) is 12.9. The first kappa shape index (κ1) is 18.8. The molecule has 2 N–H and O–H groups in total. The molecule has 3 rings (SSSR count). The summed E-state index contributed by atoms with van der Waals surface area (Å²) in [6, 6.07) is 7.14. The van der Waals surface area contributed by atoms with E-state index in [1.807, 2.05) is 6.92 Å². The third kappa shape index (κ3) is 3.90. The summed E-state index contributed by atoms with van der Waals surface area (Å²) < 4.78 is 40.3. The molecule has 1 aromatic heterocycles. The molecule has 1 unspecified atom stereocenters. The van der Waals surface area contributed by atoms with Gasteiger partial charge >= 0.3 is 10.4 Å². The average molecular weight is 388 g/mol. The molecule has 0 spiro atoms. The Morgan fingerprint density at radius 3 is 2.81 bits per heavy atom. The molecule has 2 aromatic rings. The first-order valence-electron chi connectivity index (χ1n) is 7.94. The molecule has 0 bridgehead atoms. The van der Waals surface area contributed by atoms with Crippen LogP contribution in [0.4, 0.5) is 0 Å². The molecular formula is C17H16N4O5S. The standard InChI is InChI=1S/C17H16N4O5S/c1-3-11-5-6-12(16(25-2)15(11)21-26-27(22,23)24)17-19-13-7-4-10(9-18)8-14(13)20-17/h4-8,16H,3H2,1-2H3,(H,19,20)(H,22,23,24). The fourth-order valence-corrected chi connectivity index (χ4v) is 3.00. The van der Waals surface area contributed by atoms with Crippen molar-refractivity contribution in [2.45, 2.75) is 19.4 Å². The van der Waals surface area contributed by atoms with Gasteiger partial charge in [-0.05, 0) is 30.2 Å². The van der Waals surface area contributed by atoms with Crippen molar-refractivity contribution in [3.05, 3.63) is 47.3 Å². The molecule has 1 aromatic carbocycles. The van der Waals surface area contributed by atoms with Crippen molar-refractivity contribution < 1.29 is 22.0 Å². The summed E-state index contributed by atoms with van der Waals surface area (Å²) >= 11 is 0. The Balaban J connectivity index is 2.08. The fraction of sp³-hybridized carbons (Fsp3) is 0.235. The molecule has 0 amide bonds. The summed E-state index contributed by atoms with van der Waals surface area (Å²) in [5.41, 5.74) is 3.35. The number of ether oxygens (including phenoxy) is 1. The zero-order valence-corrected chi connectivity index (χ0v) is 15.3. The van der Waals surface area contributed by atoms with Crippen LogP contribution in [0.5, 0.6) is 0 Å². The van der Waals surface area contributed by atoms with E-state index in [4.69, 9.17) is 14.6 Å². The number of benzene rings is 1. The lowest BCUT2D eigenvalue weighted by molar-refractivity contribution is 0.192. The molecule has 0 saturated heterocycles. The lowest BCUT2D eigenvalue weighted by Gasteiger charge is -2.23. The van der Waals surface area contributed by atoms with Crippen molar-refractivity contribution in [1.82, 2.24) is 9.97 Å². The summed E-state index contributed by atoms with van der Waals surface area (Å²) in [5.74, 6) is 0.484. The molecule has 0 fully saturated rings. The van der Waals surface area contributed by atoms with Gasteiger partial charge in [-0.2, -0.15) is 13.7 Å². The molecule has 0 aliphatic heterocycles. The van der Waals surface area contributed by atoms with Crippen LogP contribution in [0.2, 0.25) is 0 Å². The molecule has 0 radical (unpaired) electrons. The van der Waals surface area contributed by atoms with E-state index in [1.165, 1.54) is 7.11 Å². The van der Waals surface area contributed by atoms with Crippen LogP contribution in [0, 0.1) is 11.3 Å². The van der Waals surface area contributed by atoms with Gasteiger partial charge in [0, 0.05) is 12.7 Å². The number of aromatic nitrogens is 2. The fourth-order valence-electron chi connectivity index (χ4n) is 2.83. The number of methoxy groups -OCH3 is 1. The normalized spacial score (nSPS) is 18.9. The van der Waals surface area contributed by atoms with Crippen molar-refractivity contribution in [3.63, 3.8) is 0 Å². The van der Waals surface area contributed by atoms with E-state index in [-0.39, 0.29) is 5.71 Å². The molecular weight excluding hydrogens is 372 g/mol. The first-order valence-corrected chi connectivity index (χ1v) is 9.31. The van der Waals surface area contributed by atoms with Crippen molar-refractivity contribution >= 4 is 32.7 Å². The maximum atomic E-state index is 10.9. The molecule has 1 aliphatic rings. The van der Waals surface area contributed by atoms with Crippen molar-refractivity contribution in [3.8, 4) is 6.07 Å². The van der Waals surface area contributed by atoms with Crippen molar-refractivity contribution in [1.29, 1.82) is 5.26 Å². The van der Waals surface area contributed by atoms with E-state index >= 15 is 0 Å². The Morgan fingerprint density at radius 2 is 2.19 bits per heavy atom. The van der Waals surface area contributed by atoms with Crippen LogP contribution in [-0.4, -0.2) is 41.9 Å². The number of rotatable bonds is 5. The second-order valence-corrected chi connectivity index (χ2v) is 6.70. The maximum absolute atomic E-state index is 10.9. The van der Waals surface area contributed by atoms with Gasteiger partial charge in [-0.1, -0.05) is 24.2 Å². The van der Waals surface area contributed by atoms with E-state index in [0.717, 1.165) is 0 Å². The van der Waals surface area contributed by atoms with Gasteiger partial charge in [0.15, 0.2) is 0 Å². The average Bonchev–Trinajstić information content (AvgIpc) is 3.07. The molecule has 1 atom stereocenters. The zero-order valence-electron chi connectivity index (χ0n) is 14.5. The van der Waals surface area contributed by atoms with Crippen LogP contribution in [0.15, 0.2) is 41.1 Å². The Morgan fingerprint density at radius 1 is 1.41 bits per heavy atom. The van der Waals surface area contributed by atoms with Gasteiger partial charge in [0.2, 0.25) is 0 Å². The van der Waals surface area contributed by atoms with Crippen LogP contribution < -0.4 is 0 Å². The number of nitrogens with one attached hydrogen (secondary N) is 1. The van der Waals surface area contributed by atoms with Gasteiger partial charge in [-0.3, -0.25) is 4.55 Å². The third-order valence-electron chi connectivity index (χ3n) is 4.05. The number of oxime groups is 1. The number of hydrogen-bond acceptors (Lipinski definition) is 7. The number of hydrogen-bond donors (Lipinski definition) is 2. The summed E-state index contributed by atoms with van der Waals surface area (Å²) in [7, 11) is -3.30. The van der Waals surface area contributed by atoms with Crippen LogP contribution in [0.25, 0.3) is 16.6 Å². The van der Waals surface area contributed by atoms with E-state index in [0.29, 0.717) is 40.0 Å². The van der Waals surface area contributed by atoms with Crippen LogP contribution in [0.1, 0.15) is 24.7 Å². The Bertz CT molecular complexity index is 1120. The van der Waals surface area contributed by atoms with Gasteiger partial charge in [0.05, 0.1) is 22.7 Å². The highest BCUT2D eigenvalue weighted by Gasteiger charge is 2.30. The van der Waals surface area contributed by atoms with Gasteiger partial charge < -0.3 is 9.72 Å². The zero-order chi connectivity index (χ0) is 19.6. The summed E-state index contributed by atoms with van der Waals surface area (Å²) in [6.45, 7) is 1.87. The predicted octanol–water partition coefficient (Wildman–Crippen LogP) is 2.36. The molecule has 9 nitrogen and oxygen atoms in total. The molecule has 10 heteroatoms. The Hall–Kier alpha value is -3.00. The van der Waals surface area contributed by atoms with Gasteiger partial charge in [0.25, 0.3) is 0 Å². The Kier molecular flexibility index (Phi) is 5.09. The molecule has 1 aliphatic carbocycles. The SMILES string of the molecule is CCC1=CC=C(c2nc3ccc(C#N)cc3[nH]2)C(OC)C1=NOS(=O)(=O)O. The molecule has 140 valence electrons. The second kappa shape index (κ2) is 7.32. The van der Waals surface area contributed by atoms with Crippen LogP contribution >= 0.6 is 0 Å². The van der Waals surface area contributed by atoms with Gasteiger partial charge in [0.1, 0.15) is 17.6 Å². The molecule has 0 saturated carbocycles. The number of imidazole rings is 1. The lowest BCUT2D eigenvalue weighted by Crippen LogP contribution is -2.29. The van der Waals surface area contributed by atoms with E-state index < -0.39 is 16.5 Å². The number of H-pyrrole nitrogens is 1. The Labute approximate surface area is 155 Å². The lowest BCUT2D eigenvalue weighted by atomic mass is 9.91.